The summed E-state index contributed by atoms with van der Waals surface area (Å²) in [6, 6.07) is 6.75. The molecule has 96 valence electrons. The van der Waals surface area contributed by atoms with Gasteiger partial charge in [0.05, 0.1) is 0 Å². The monoisotopic (exact) mass is 248 g/mol. The Bertz CT molecular complexity index is 481. The van der Waals surface area contributed by atoms with Crippen LogP contribution in [0.25, 0.3) is 0 Å². The molecule has 0 heterocycles. The van der Waals surface area contributed by atoms with Crippen molar-refractivity contribution in [3.8, 4) is 0 Å². The van der Waals surface area contributed by atoms with Crippen molar-refractivity contribution >= 4 is 17.6 Å². The van der Waals surface area contributed by atoms with Crippen LogP contribution in [0.4, 0.5) is 5.69 Å². The molecular formula is C13H16N2O3. The molecule has 0 aliphatic carbocycles. The van der Waals surface area contributed by atoms with Crippen LogP contribution in [0.1, 0.15) is 23.7 Å². The van der Waals surface area contributed by atoms with Crippen LogP contribution in [0.2, 0.25) is 0 Å². The van der Waals surface area contributed by atoms with Crippen LogP contribution in [0.15, 0.2) is 35.9 Å². The maximum atomic E-state index is 11.0. The highest BCUT2D eigenvalue weighted by atomic mass is 16.4. The lowest BCUT2D eigenvalue weighted by Crippen LogP contribution is -2.11. The summed E-state index contributed by atoms with van der Waals surface area (Å²) in [5, 5.41) is 11.8. The van der Waals surface area contributed by atoms with E-state index in [-0.39, 0.29) is 0 Å². The van der Waals surface area contributed by atoms with Crippen LogP contribution < -0.4 is 11.1 Å². The van der Waals surface area contributed by atoms with Gasteiger partial charge in [-0.1, -0.05) is 19.1 Å². The molecule has 0 aliphatic heterocycles. The Balaban J connectivity index is 2.66. The van der Waals surface area contributed by atoms with Crippen molar-refractivity contribution in [3.63, 3.8) is 0 Å². The largest absolute Gasteiger partial charge is 0.478 e. The van der Waals surface area contributed by atoms with Gasteiger partial charge < -0.3 is 16.2 Å². The van der Waals surface area contributed by atoms with Crippen LogP contribution in [0, 0.1) is 0 Å². The van der Waals surface area contributed by atoms with E-state index in [2.05, 4.69) is 5.32 Å². The first-order chi connectivity index (χ1) is 8.54. The SMILES string of the molecule is CC/C(=C/CNc1cccc(C(N)=O)c1)C(=O)O. The molecule has 0 aliphatic rings. The van der Waals surface area contributed by atoms with E-state index in [1.165, 1.54) is 0 Å². The van der Waals surface area contributed by atoms with Crippen molar-refractivity contribution in [3.05, 3.63) is 41.5 Å². The normalized spacial score (nSPS) is 11.1. The molecule has 0 saturated heterocycles. The van der Waals surface area contributed by atoms with Gasteiger partial charge in [0.25, 0.3) is 0 Å². The Morgan fingerprint density at radius 3 is 2.72 bits per heavy atom. The van der Waals surface area contributed by atoms with Crippen LogP contribution in [-0.4, -0.2) is 23.5 Å². The fourth-order valence-corrected chi connectivity index (χ4v) is 1.46. The topological polar surface area (TPSA) is 92.4 Å². The van der Waals surface area contributed by atoms with Gasteiger partial charge in [0, 0.05) is 23.4 Å². The minimum Gasteiger partial charge on any atom is -0.478 e. The molecule has 0 atom stereocenters. The van der Waals surface area contributed by atoms with Crippen molar-refractivity contribution < 1.29 is 14.7 Å². The highest BCUT2D eigenvalue weighted by Crippen LogP contribution is 2.10. The van der Waals surface area contributed by atoms with Gasteiger partial charge in [0.15, 0.2) is 0 Å². The maximum absolute atomic E-state index is 11.0. The number of aliphatic carboxylic acids is 1. The molecule has 0 unspecified atom stereocenters. The number of carbonyl (C=O) groups is 2. The van der Waals surface area contributed by atoms with Crippen molar-refractivity contribution in [2.45, 2.75) is 13.3 Å². The highest BCUT2D eigenvalue weighted by Gasteiger charge is 2.03. The number of rotatable bonds is 6. The Morgan fingerprint density at radius 1 is 1.44 bits per heavy atom. The zero-order valence-electron chi connectivity index (χ0n) is 10.1. The smallest absolute Gasteiger partial charge is 0.331 e. The lowest BCUT2D eigenvalue weighted by atomic mass is 10.2. The Hall–Kier alpha value is -2.30. The average molecular weight is 248 g/mol. The van der Waals surface area contributed by atoms with E-state index in [9.17, 15) is 9.59 Å². The molecule has 1 amide bonds. The summed E-state index contributed by atoms with van der Waals surface area (Å²) in [5.74, 6) is -1.40. The van der Waals surface area contributed by atoms with E-state index >= 15 is 0 Å². The molecule has 5 nitrogen and oxygen atoms in total. The van der Waals surface area contributed by atoms with E-state index in [4.69, 9.17) is 10.8 Å². The summed E-state index contributed by atoms with van der Waals surface area (Å²) >= 11 is 0. The fourth-order valence-electron chi connectivity index (χ4n) is 1.46. The second-order valence-electron chi connectivity index (χ2n) is 3.71. The first kappa shape index (κ1) is 13.8. The van der Waals surface area contributed by atoms with Crippen molar-refractivity contribution in [1.82, 2.24) is 0 Å². The Morgan fingerprint density at radius 2 is 2.17 bits per heavy atom. The predicted octanol–water partition coefficient (Wildman–Crippen LogP) is 1.62. The van der Waals surface area contributed by atoms with Crippen molar-refractivity contribution in [2.75, 3.05) is 11.9 Å². The maximum Gasteiger partial charge on any atom is 0.331 e. The van der Waals surface area contributed by atoms with E-state index in [1.54, 1.807) is 37.3 Å². The zero-order valence-corrected chi connectivity index (χ0v) is 10.1. The molecule has 1 aromatic carbocycles. The summed E-state index contributed by atoms with van der Waals surface area (Å²) in [6.07, 6.45) is 2.08. The minimum atomic E-state index is -0.912. The first-order valence-corrected chi connectivity index (χ1v) is 5.60. The molecule has 0 fully saturated rings. The molecule has 1 rings (SSSR count). The standard InChI is InChI=1S/C13H16N2O3/c1-2-9(13(17)18)6-7-15-11-5-3-4-10(8-11)12(14)16/h3-6,8,15H,2,7H2,1H3,(H2,14,16)(H,17,18)/b9-6-. The number of nitrogens with two attached hydrogens (primary N) is 1. The second-order valence-corrected chi connectivity index (χ2v) is 3.71. The third-order valence-corrected chi connectivity index (χ3v) is 2.46. The number of anilines is 1. The van der Waals surface area contributed by atoms with E-state index in [1.807, 2.05) is 0 Å². The van der Waals surface area contributed by atoms with E-state index in [0.717, 1.165) is 5.69 Å². The summed E-state index contributed by atoms with van der Waals surface area (Å²) < 4.78 is 0. The number of hydrogen-bond donors (Lipinski definition) is 3. The van der Waals surface area contributed by atoms with Gasteiger partial charge in [0.2, 0.25) is 5.91 Å². The van der Waals surface area contributed by atoms with E-state index < -0.39 is 11.9 Å². The molecular weight excluding hydrogens is 232 g/mol. The van der Waals surface area contributed by atoms with Gasteiger partial charge in [-0.05, 0) is 24.6 Å². The number of primary amides is 1. The van der Waals surface area contributed by atoms with Crippen molar-refractivity contribution in [2.24, 2.45) is 5.73 Å². The Kier molecular flexibility index (Phi) is 4.92. The third-order valence-electron chi connectivity index (χ3n) is 2.46. The number of hydrogen-bond acceptors (Lipinski definition) is 3. The van der Waals surface area contributed by atoms with E-state index in [0.29, 0.717) is 24.1 Å². The summed E-state index contributed by atoms with van der Waals surface area (Å²) in [5.41, 5.74) is 6.66. The summed E-state index contributed by atoms with van der Waals surface area (Å²) in [4.78, 5) is 21.7. The first-order valence-electron chi connectivity index (χ1n) is 5.60. The third kappa shape index (κ3) is 3.93. The van der Waals surface area contributed by atoms with Gasteiger partial charge in [0.1, 0.15) is 0 Å². The lowest BCUT2D eigenvalue weighted by Gasteiger charge is -2.05. The molecule has 4 N–H and O–H groups in total. The van der Waals surface area contributed by atoms with Gasteiger partial charge in [-0.15, -0.1) is 0 Å². The second kappa shape index (κ2) is 6.44. The molecule has 0 radical (unpaired) electrons. The van der Waals surface area contributed by atoms with Gasteiger partial charge in [-0.25, -0.2) is 4.79 Å². The molecule has 0 saturated carbocycles. The number of amides is 1. The minimum absolute atomic E-state index is 0.355. The molecule has 5 heteroatoms. The van der Waals surface area contributed by atoms with Crippen LogP contribution in [0.3, 0.4) is 0 Å². The molecule has 0 bridgehead atoms. The van der Waals surface area contributed by atoms with Gasteiger partial charge in [-0.3, -0.25) is 4.79 Å². The number of nitrogens with one attached hydrogen (secondary N) is 1. The quantitative estimate of drug-likeness (QED) is 0.667. The fraction of sp³-hybridized carbons (Fsp3) is 0.231. The van der Waals surface area contributed by atoms with Gasteiger partial charge in [-0.2, -0.15) is 0 Å². The zero-order chi connectivity index (χ0) is 13.5. The Labute approximate surface area is 105 Å². The van der Waals surface area contributed by atoms with Crippen LogP contribution in [-0.2, 0) is 4.79 Å². The molecule has 1 aromatic rings. The number of carboxylic acid groups (broad SMARTS) is 1. The molecule has 0 aromatic heterocycles. The highest BCUT2D eigenvalue weighted by molar-refractivity contribution is 5.93. The van der Waals surface area contributed by atoms with Crippen LogP contribution in [0.5, 0.6) is 0 Å². The average Bonchev–Trinajstić information content (AvgIpc) is 2.34. The van der Waals surface area contributed by atoms with Gasteiger partial charge >= 0.3 is 5.97 Å². The number of benzene rings is 1. The molecule has 18 heavy (non-hydrogen) atoms. The van der Waals surface area contributed by atoms with Crippen LogP contribution >= 0.6 is 0 Å². The van der Waals surface area contributed by atoms with Crippen molar-refractivity contribution in [1.29, 1.82) is 0 Å². The predicted molar refractivity (Wildman–Crippen MR) is 69.5 cm³/mol. The number of carbonyl (C=O) groups excluding carboxylic acids is 1. The molecule has 0 spiro atoms. The summed E-state index contributed by atoms with van der Waals surface area (Å²) in [7, 11) is 0. The number of carboxylic acids is 1. The summed E-state index contributed by atoms with van der Waals surface area (Å²) in [6.45, 7) is 2.17. The lowest BCUT2D eigenvalue weighted by molar-refractivity contribution is -0.132.